The van der Waals surface area contributed by atoms with Crippen LogP contribution in [-0.2, 0) is 16.1 Å². The number of aromatic nitrogens is 1. The molecule has 3 N–H and O–H groups in total. The average Bonchev–Trinajstić information content (AvgIpc) is 3.19. The Kier molecular flexibility index (Phi) is 5.34. The number of aryl methyl sites for hydroxylation is 1. The molecule has 6 nitrogen and oxygen atoms in total. The Hall–Kier alpha value is -1.99. The largest absolute Gasteiger partial charge is 0.357 e. The highest BCUT2D eigenvalue weighted by Gasteiger charge is 2.37. The van der Waals surface area contributed by atoms with Crippen LogP contribution < -0.4 is 11.1 Å². The van der Waals surface area contributed by atoms with Crippen molar-refractivity contribution in [2.75, 3.05) is 19.3 Å². The Labute approximate surface area is 151 Å². The molecule has 0 bridgehead atoms. The summed E-state index contributed by atoms with van der Waals surface area (Å²) in [6.45, 7) is 3.43. The van der Waals surface area contributed by atoms with E-state index in [-0.39, 0.29) is 17.9 Å². The van der Waals surface area contributed by atoms with Crippen LogP contribution in [0.25, 0.3) is 10.9 Å². The fourth-order valence-corrected chi connectivity index (χ4v) is 4.35. The molecule has 25 heavy (non-hydrogen) atoms. The molecule has 1 fully saturated rings. The Balaban J connectivity index is 1.73. The predicted octanol–water partition coefficient (Wildman–Crippen LogP) is 1.43. The van der Waals surface area contributed by atoms with Crippen LogP contribution in [-0.4, -0.2) is 52.7 Å². The lowest BCUT2D eigenvalue weighted by Crippen LogP contribution is -2.45. The van der Waals surface area contributed by atoms with Crippen LogP contribution in [0.1, 0.15) is 13.3 Å². The lowest BCUT2D eigenvalue weighted by Gasteiger charge is -2.23. The average molecular weight is 360 g/mol. The third-order valence-corrected chi connectivity index (χ3v) is 5.67. The molecule has 134 valence electrons. The molecule has 1 aliphatic rings. The molecule has 1 saturated heterocycles. The lowest BCUT2D eigenvalue weighted by molar-refractivity contribution is -0.136. The Bertz CT molecular complexity index is 788. The van der Waals surface area contributed by atoms with E-state index in [0.717, 1.165) is 16.8 Å². The number of nitrogens with zero attached hydrogens (tertiary/aromatic N) is 2. The third-order valence-electron chi connectivity index (χ3n) is 4.65. The van der Waals surface area contributed by atoms with Crippen molar-refractivity contribution in [1.82, 2.24) is 14.8 Å². The molecule has 0 unspecified atom stereocenters. The molecule has 2 heterocycles. The predicted molar refractivity (Wildman–Crippen MR) is 100 cm³/mol. The molecule has 0 aliphatic carbocycles. The minimum absolute atomic E-state index is 0.0418. The molecule has 1 aliphatic heterocycles. The van der Waals surface area contributed by atoms with Gasteiger partial charge in [0.15, 0.2) is 0 Å². The van der Waals surface area contributed by atoms with E-state index in [4.69, 9.17) is 5.73 Å². The normalized spacial score (nSPS) is 20.2. The van der Waals surface area contributed by atoms with Crippen molar-refractivity contribution < 1.29 is 9.59 Å². The molecule has 0 radical (unpaired) electrons. The van der Waals surface area contributed by atoms with Gasteiger partial charge in [-0.1, -0.05) is 18.2 Å². The van der Waals surface area contributed by atoms with Crippen molar-refractivity contribution in [3.8, 4) is 0 Å². The number of amides is 2. The molecule has 2 atom stereocenters. The quantitative estimate of drug-likeness (QED) is 0.791. The molecule has 0 spiro atoms. The van der Waals surface area contributed by atoms with E-state index in [0.29, 0.717) is 18.7 Å². The van der Waals surface area contributed by atoms with Crippen LogP contribution >= 0.6 is 11.8 Å². The van der Waals surface area contributed by atoms with Crippen molar-refractivity contribution in [3.05, 3.63) is 30.5 Å². The maximum Gasteiger partial charge on any atom is 0.242 e. The zero-order valence-corrected chi connectivity index (χ0v) is 15.4. The number of likely N-dealkylation sites (tertiary alicyclic amines) is 1. The van der Waals surface area contributed by atoms with Gasteiger partial charge >= 0.3 is 0 Å². The fourth-order valence-electron chi connectivity index (χ4n) is 3.37. The van der Waals surface area contributed by atoms with Crippen molar-refractivity contribution in [2.45, 2.75) is 36.9 Å². The van der Waals surface area contributed by atoms with Crippen LogP contribution in [0.4, 0.5) is 0 Å². The van der Waals surface area contributed by atoms with Gasteiger partial charge in [-0.25, -0.2) is 0 Å². The van der Waals surface area contributed by atoms with Gasteiger partial charge in [-0.3, -0.25) is 9.59 Å². The minimum Gasteiger partial charge on any atom is -0.357 e. The third kappa shape index (κ3) is 3.52. The van der Waals surface area contributed by atoms with Gasteiger partial charge in [0.2, 0.25) is 11.8 Å². The highest BCUT2D eigenvalue weighted by molar-refractivity contribution is 8.00. The van der Waals surface area contributed by atoms with Crippen LogP contribution in [0.5, 0.6) is 0 Å². The number of para-hydroxylation sites is 1. The maximum atomic E-state index is 12.7. The van der Waals surface area contributed by atoms with E-state index in [1.54, 1.807) is 11.9 Å². The number of carbonyl (C=O) groups excluding carboxylic acids is 2. The number of thioether (sulfide) groups is 1. The molecule has 0 saturated carbocycles. The summed E-state index contributed by atoms with van der Waals surface area (Å²) in [5.74, 6) is 0.117. The van der Waals surface area contributed by atoms with E-state index < -0.39 is 6.04 Å². The summed E-state index contributed by atoms with van der Waals surface area (Å²) in [6.07, 6.45) is 2.61. The van der Waals surface area contributed by atoms with Gasteiger partial charge in [-0.15, -0.1) is 11.8 Å². The van der Waals surface area contributed by atoms with Gasteiger partial charge in [0.1, 0.15) is 6.04 Å². The second-order valence-electron chi connectivity index (χ2n) is 6.26. The number of nitrogens with one attached hydrogen (secondary N) is 1. The molecular weight excluding hydrogens is 336 g/mol. The van der Waals surface area contributed by atoms with E-state index in [2.05, 4.69) is 35.1 Å². The van der Waals surface area contributed by atoms with Gasteiger partial charge in [0.25, 0.3) is 0 Å². The smallest absolute Gasteiger partial charge is 0.242 e. The Morgan fingerprint density at radius 1 is 1.36 bits per heavy atom. The summed E-state index contributed by atoms with van der Waals surface area (Å²) < 4.78 is 2.18. The molecule has 2 aromatic rings. The van der Waals surface area contributed by atoms with E-state index >= 15 is 0 Å². The number of fused-ring (bicyclic) bond motifs is 1. The van der Waals surface area contributed by atoms with Crippen molar-refractivity contribution in [3.63, 3.8) is 0 Å². The second-order valence-corrected chi connectivity index (χ2v) is 7.27. The highest BCUT2D eigenvalue weighted by atomic mass is 32.2. The van der Waals surface area contributed by atoms with Gasteiger partial charge in [0, 0.05) is 48.2 Å². The van der Waals surface area contributed by atoms with E-state index in [1.165, 1.54) is 17.3 Å². The van der Waals surface area contributed by atoms with Crippen LogP contribution in [0.2, 0.25) is 0 Å². The number of likely N-dealkylation sites (N-methyl/N-ethyl adjacent to an activating group) is 1. The first-order valence-electron chi connectivity index (χ1n) is 8.52. The molecule has 1 aromatic carbocycles. The fraction of sp³-hybridized carbons (Fsp3) is 0.444. The van der Waals surface area contributed by atoms with E-state index in [1.807, 2.05) is 12.1 Å². The number of benzene rings is 1. The molecule has 1 aromatic heterocycles. The topological polar surface area (TPSA) is 80.4 Å². The van der Waals surface area contributed by atoms with Crippen LogP contribution in [0.3, 0.4) is 0 Å². The molecule has 2 amide bonds. The summed E-state index contributed by atoms with van der Waals surface area (Å²) >= 11 is 1.52. The number of carbonyl (C=O) groups is 2. The second kappa shape index (κ2) is 7.49. The molecular formula is C18H24N4O2S. The van der Waals surface area contributed by atoms with Crippen molar-refractivity contribution in [1.29, 1.82) is 0 Å². The van der Waals surface area contributed by atoms with Crippen molar-refractivity contribution in [2.24, 2.45) is 5.73 Å². The molecule has 7 heteroatoms. The maximum absolute atomic E-state index is 12.7. The number of hydrogen-bond acceptors (Lipinski definition) is 4. The number of hydrogen-bond donors (Lipinski definition) is 2. The summed E-state index contributed by atoms with van der Waals surface area (Å²) in [5.41, 5.74) is 7.14. The van der Waals surface area contributed by atoms with E-state index in [9.17, 15) is 9.59 Å². The summed E-state index contributed by atoms with van der Waals surface area (Å²) in [7, 11) is 1.59. The minimum atomic E-state index is -0.454. The van der Waals surface area contributed by atoms with Gasteiger partial charge in [-0.05, 0) is 19.4 Å². The number of nitrogens with two attached hydrogens (primary N) is 1. The van der Waals surface area contributed by atoms with Gasteiger partial charge in [-0.2, -0.15) is 0 Å². The van der Waals surface area contributed by atoms with Gasteiger partial charge in [0.05, 0.1) is 5.75 Å². The molecule has 3 rings (SSSR count). The highest BCUT2D eigenvalue weighted by Crippen LogP contribution is 2.30. The lowest BCUT2D eigenvalue weighted by atomic mass is 10.1. The van der Waals surface area contributed by atoms with Crippen LogP contribution in [0.15, 0.2) is 35.4 Å². The van der Waals surface area contributed by atoms with Gasteiger partial charge < -0.3 is 20.5 Å². The SMILES string of the molecule is CCn1cc(SCC(=O)N2C[C@@H](N)C[C@H]2C(=O)NC)c2ccccc21. The monoisotopic (exact) mass is 360 g/mol. The van der Waals surface area contributed by atoms with Crippen LogP contribution in [0, 0.1) is 0 Å². The first kappa shape index (κ1) is 17.8. The summed E-state index contributed by atoms with van der Waals surface area (Å²) in [6, 6.07) is 7.60. The standard InChI is InChI=1S/C18H24N4O2S/c1-3-21-10-16(13-6-4-5-7-14(13)21)25-11-17(23)22-9-12(19)8-15(22)18(24)20-2/h4-7,10,12,15H,3,8-9,11,19H2,1-2H3,(H,20,24)/t12-,15-/m0/s1. The zero-order valence-electron chi connectivity index (χ0n) is 14.6. The summed E-state index contributed by atoms with van der Waals surface area (Å²) in [5, 5.41) is 3.78. The zero-order chi connectivity index (χ0) is 18.0. The number of rotatable bonds is 5. The Morgan fingerprint density at radius 3 is 2.84 bits per heavy atom. The first-order chi connectivity index (χ1) is 12.0. The first-order valence-corrected chi connectivity index (χ1v) is 9.51. The Morgan fingerprint density at radius 2 is 2.12 bits per heavy atom. The van der Waals surface area contributed by atoms with Crippen molar-refractivity contribution >= 4 is 34.5 Å². The summed E-state index contributed by atoms with van der Waals surface area (Å²) in [4.78, 5) is 27.4.